The number of hydrogen-bond donors (Lipinski definition) is 2. The fraction of sp³-hybridized carbons (Fsp3) is 0.250. The Kier molecular flexibility index (Phi) is 2.60. The summed E-state index contributed by atoms with van der Waals surface area (Å²) in [5.41, 5.74) is 6.38. The van der Waals surface area contributed by atoms with Gasteiger partial charge in [0.1, 0.15) is 0 Å². The topological polar surface area (TPSA) is 62.8 Å². The summed E-state index contributed by atoms with van der Waals surface area (Å²) in [4.78, 5) is 3.89. The molecule has 0 saturated heterocycles. The van der Waals surface area contributed by atoms with Crippen molar-refractivity contribution in [1.82, 2.24) is 4.98 Å². The molecule has 0 aliphatic carbocycles. The average Bonchev–Trinajstić information content (AvgIpc) is 2.03. The molecule has 0 amide bonds. The number of hydrogen-bond acceptors (Lipinski definition) is 2. The van der Waals surface area contributed by atoms with E-state index in [1.54, 1.807) is 12.4 Å². The Balaban J connectivity index is 2.45. The molecular weight excluding hydrogens is 138 g/mol. The Morgan fingerprint density at radius 2 is 2.09 bits per heavy atom. The van der Waals surface area contributed by atoms with Gasteiger partial charge in [0.25, 0.3) is 0 Å². The Labute approximate surface area is 65.8 Å². The smallest absolute Gasteiger partial charge is 0.0908 e. The molecule has 0 atom stereocenters. The Morgan fingerprint density at radius 1 is 1.45 bits per heavy atom. The van der Waals surface area contributed by atoms with Gasteiger partial charge in [-0.15, -0.1) is 0 Å². The van der Waals surface area contributed by atoms with E-state index in [2.05, 4.69) is 4.98 Å². The minimum atomic E-state index is 0.238. The molecule has 3 heteroatoms. The molecule has 0 bridgehead atoms. The lowest BCUT2D eigenvalue weighted by atomic mass is 10.1. The average molecular weight is 149 g/mol. The first-order chi connectivity index (χ1) is 5.29. The summed E-state index contributed by atoms with van der Waals surface area (Å²) >= 11 is 0. The highest BCUT2D eigenvalue weighted by Gasteiger charge is 1.92. The van der Waals surface area contributed by atoms with E-state index in [9.17, 15) is 0 Å². The van der Waals surface area contributed by atoms with Gasteiger partial charge < -0.3 is 5.73 Å². The lowest BCUT2D eigenvalue weighted by molar-refractivity contribution is 1.01. The van der Waals surface area contributed by atoms with Crippen molar-refractivity contribution >= 4 is 5.84 Å². The van der Waals surface area contributed by atoms with Crippen LogP contribution in [0, 0.1) is 5.41 Å². The van der Waals surface area contributed by atoms with E-state index in [1.165, 1.54) is 5.56 Å². The maximum atomic E-state index is 7.01. The summed E-state index contributed by atoms with van der Waals surface area (Å²) in [6.07, 6.45) is 4.95. The van der Waals surface area contributed by atoms with Gasteiger partial charge in [-0.25, -0.2) is 0 Å². The van der Waals surface area contributed by atoms with E-state index < -0.39 is 0 Å². The van der Waals surface area contributed by atoms with Crippen molar-refractivity contribution in [2.75, 3.05) is 0 Å². The summed E-state index contributed by atoms with van der Waals surface area (Å²) < 4.78 is 0. The zero-order valence-corrected chi connectivity index (χ0v) is 6.25. The van der Waals surface area contributed by atoms with Gasteiger partial charge in [-0.05, 0) is 24.1 Å². The highest BCUT2D eigenvalue weighted by molar-refractivity contribution is 5.77. The fourth-order valence-electron chi connectivity index (χ4n) is 0.828. The van der Waals surface area contributed by atoms with Crippen LogP contribution in [0.4, 0.5) is 0 Å². The number of aromatic nitrogens is 1. The van der Waals surface area contributed by atoms with Crippen molar-refractivity contribution < 1.29 is 0 Å². The molecule has 1 rings (SSSR count). The minimum Gasteiger partial charge on any atom is -0.388 e. The van der Waals surface area contributed by atoms with Crippen LogP contribution in [0.1, 0.15) is 12.0 Å². The predicted octanol–water partition coefficient (Wildman–Crippen LogP) is 0.950. The van der Waals surface area contributed by atoms with E-state index >= 15 is 0 Å². The number of nitrogens with zero attached hydrogens (tertiary/aromatic N) is 1. The number of aryl methyl sites for hydroxylation is 1. The molecule has 3 nitrogen and oxygen atoms in total. The van der Waals surface area contributed by atoms with Gasteiger partial charge in [-0.3, -0.25) is 10.4 Å². The molecular formula is C8H11N3. The number of pyridine rings is 1. The number of amidine groups is 1. The molecule has 0 saturated carbocycles. The summed E-state index contributed by atoms with van der Waals surface area (Å²) in [5, 5.41) is 7.01. The highest BCUT2D eigenvalue weighted by atomic mass is 14.7. The lowest BCUT2D eigenvalue weighted by Crippen LogP contribution is -2.10. The van der Waals surface area contributed by atoms with Crippen LogP contribution in [0.5, 0.6) is 0 Å². The normalized spacial score (nSPS) is 9.45. The largest absolute Gasteiger partial charge is 0.388 e. The Morgan fingerprint density at radius 3 is 2.64 bits per heavy atom. The molecule has 0 fully saturated rings. The Bertz CT molecular complexity index is 230. The van der Waals surface area contributed by atoms with Gasteiger partial charge in [0, 0.05) is 18.8 Å². The van der Waals surface area contributed by atoms with E-state index in [0.717, 1.165) is 6.42 Å². The van der Waals surface area contributed by atoms with Crippen molar-refractivity contribution in [3.8, 4) is 0 Å². The van der Waals surface area contributed by atoms with Crippen molar-refractivity contribution in [3.63, 3.8) is 0 Å². The molecule has 58 valence electrons. The molecule has 0 unspecified atom stereocenters. The van der Waals surface area contributed by atoms with E-state index in [1.807, 2.05) is 12.1 Å². The van der Waals surface area contributed by atoms with E-state index in [-0.39, 0.29) is 5.84 Å². The maximum absolute atomic E-state index is 7.01. The SMILES string of the molecule is N=C(N)CCc1ccncc1. The van der Waals surface area contributed by atoms with Gasteiger partial charge >= 0.3 is 0 Å². The molecule has 0 aromatic carbocycles. The second-order valence-electron chi connectivity index (χ2n) is 2.38. The molecule has 0 radical (unpaired) electrons. The first-order valence-electron chi connectivity index (χ1n) is 3.51. The van der Waals surface area contributed by atoms with Crippen molar-refractivity contribution in [2.24, 2.45) is 5.73 Å². The van der Waals surface area contributed by atoms with E-state index in [0.29, 0.717) is 6.42 Å². The highest BCUT2D eigenvalue weighted by Crippen LogP contribution is 1.99. The third-order valence-corrected chi connectivity index (χ3v) is 1.43. The molecule has 11 heavy (non-hydrogen) atoms. The number of nitrogens with one attached hydrogen (secondary N) is 1. The van der Waals surface area contributed by atoms with Gasteiger partial charge in [0.15, 0.2) is 0 Å². The van der Waals surface area contributed by atoms with Crippen LogP contribution in [0.2, 0.25) is 0 Å². The summed E-state index contributed by atoms with van der Waals surface area (Å²) in [6.45, 7) is 0. The molecule has 3 N–H and O–H groups in total. The van der Waals surface area contributed by atoms with Crippen LogP contribution in [0.3, 0.4) is 0 Å². The fourth-order valence-corrected chi connectivity index (χ4v) is 0.828. The van der Waals surface area contributed by atoms with Crippen LogP contribution in [0.25, 0.3) is 0 Å². The molecule has 1 heterocycles. The summed E-state index contributed by atoms with van der Waals surface area (Å²) in [5.74, 6) is 0.238. The van der Waals surface area contributed by atoms with Crippen LogP contribution < -0.4 is 5.73 Å². The van der Waals surface area contributed by atoms with Gasteiger partial charge in [-0.2, -0.15) is 0 Å². The van der Waals surface area contributed by atoms with E-state index in [4.69, 9.17) is 11.1 Å². The first kappa shape index (κ1) is 7.72. The van der Waals surface area contributed by atoms with Crippen molar-refractivity contribution in [1.29, 1.82) is 5.41 Å². The van der Waals surface area contributed by atoms with Crippen LogP contribution in [-0.4, -0.2) is 10.8 Å². The van der Waals surface area contributed by atoms with Crippen molar-refractivity contribution in [3.05, 3.63) is 30.1 Å². The third-order valence-electron chi connectivity index (χ3n) is 1.43. The quantitative estimate of drug-likeness (QED) is 0.496. The van der Waals surface area contributed by atoms with Gasteiger partial charge in [0.2, 0.25) is 0 Å². The molecule has 1 aromatic heterocycles. The predicted molar refractivity (Wildman–Crippen MR) is 44.5 cm³/mol. The van der Waals surface area contributed by atoms with Gasteiger partial charge in [-0.1, -0.05) is 0 Å². The zero-order chi connectivity index (χ0) is 8.10. The Hall–Kier alpha value is -1.38. The zero-order valence-electron chi connectivity index (χ0n) is 6.25. The maximum Gasteiger partial charge on any atom is 0.0908 e. The number of nitrogens with two attached hydrogens (primary N) is 1. The molecule has 1 aromatic rings. The summed E-state index contributed by atoms with van der Waals surface area (Å²) in [7, 11) is 0. The third kappa shape index (κ3) is 2.80. The number of rotatable bonds is 3. The monoisotopic (exact) mass is 149 g/mol. The first-order valence-corrected chi connectivity index (χ1v) is 3.51. The second kappa shape index (κ2) is 3.71. The standard InChI is InChI=1S/C8H11N3/c9-8(10)2-1-7-3-5-11-6-4-7/h3-6H,1-2H2,(H3,9,10). The van der Waals surface area contributed by atoms with Crippen LogP contribution in [-0.2, 0) is 6.42 Å². The van der Waals surface area contributed by atoms with Gasteiger partial charge in [0.05, 0.1) is 5.84 Å². The minimum absolute atomic E-state index is 0.238. The molecule has 0 aliphatic heterocycles. The second-order valence-corrected chi connectivity index (χ2v) is 2.38. The van der Waals surface area contributed by atoms with Crippen LogP contribution >= 0.6 is 0 Å². The molecule has 0 spiro atoms. The lowest BCUT2D eigenvalue weighted by Gasteiger charge is -1.97. The van der Waals surface area contributed by atoms with Crippen LogP contribution in [0.15, 0.2) is 24.5 Å². The van der Waals surface area contributed by atoms with Crippen molar-refractivity contribution in [2.45, 2.75) is 12.8 Å². The summed E-state index contributed by atoms with van der Waals surface area (Å²) in [6, 6.07) is 3.87. The molecule has 0 aliphatic rings.